The predicted molar refractivity (Wildman–Crippen MR) is 133 cm³/mol. The Morgan fingerprint density at radius 3 is 2.53 bits per heavy atom. The van der Waals surface area contributed by atoms with Crippen molar-refractivity contribution >= 4 is 27.7 Å². The van der Waals surface area contributed by atoms with Crippen LogP contribution in [0.5, 0.6) is 5.75 Å². The maximum atomic E-state index is 13.7. The number of aromatic amines is 1. The summed E-state index contributed by atoms with van der Waals surface area (Å²) in [5.41, 5.74) is 6.38. The zero-order valence-electron chi connectivity index (χ0n) is 20.6. The summed E-state index contributed by atoms with van der Waals surface area (Å²) in [6, 6.07) is 6.37. The van der Waals surface area contributed by atoms with Crippen LogP contribution < -0.4 is 15.8 Å². The highest BCUT2D eigenvalue weighted by molar-refractivity contribution is 7.89. The predicted octanol–water partition coefficient (Wildman–Crippen LogP) is 1.73. The third-order valence-corrected chi connectivity index (χ3v) is 7.74. The summed E-state index contributed by atoms with van der Waals surface area (Å²) in [7, 11) is -0.472. The Morgan fingerprint density at radius 1 is 1.16 bits per heavy atom. The number of likely N-dealkylation sites (N-methyl/N-ethyl adjacent to an activating group) is 1. The number of ether oxygens (including phenoxy) is 1. The first-order chi connectivity index (χ1) is 18.0. The highest BCUT2D eigenvalue weighted by atomic mass is 32.2. The van der Waals surface area contributed by atoms with Crippen molar-refractivity contribution in [3.8, 4) is 5.75 Å². The Kier molecular flexibility index (Phi) is 7.76. The fourth-order valence-electron chi connectivity index (χ4n) is 3.94. The van der Waals surface area contributed by atoms with E-state index in [4.69, 9.17) is 10.5 Å². The Hall–Kier alpha value is -3.88. The highest BCUT2D eigenvalue weighted by Gasteiger charge is 2.32. The second kappa shape index (κ2) is 10.8. The van der Waals surface area contributed by atoms with Gasteiger partial charge in [0.2, 0.25) is 15.9 Å². The van der Waals surface area contributed by atoms with Gasteiger partial charge in [-0.1, -0.05) is 0 Å². The maximum absolute atomic E-state index is 13.7. The number of hydrogen-bond donors (Lipinski definition) is 3. The van der Waals surface area contributed by atoms with E-state index >= 15 is 0 Å². The molecule has 3 aromatic rings. The lowest BCUT2D eigenvalue weighted by Crippen LogP contribution is -2.36. The summed E-state index contributed by atoms with van der Waals surface area (Å²) < 4.78 is 60.1. The van der Waals surface area contributed by atoms with Gasteiger partial charge in [0.1, 0.15) is 24.0 Å². The average molecular weight is 549 g/mol. The first-order valence-corrected chi connectivity index (χ1v) is 12.9. The van der Waals surface area contributed by atoms with Gasteiger partial charge in [-0.3, -0.25) is 14.7 Å². The van der Waals surface area contributed by atoms with Gasteiger partial charge >= 0.3 is 0 Å². The van der Waals surface area contributed by atoms with Crippen LogP contribution in [0, 0.1) is 11.6 Å². The number of halogens is 2. The van der Waals surface area contributed by atoms with Crippen LogP contribution in [-0.2, 0) is 23.0 Å². The number of nitrogens with one attached hydrogen (secondary N) is 2. The van der Waals surface area contributed by atoms with E-state index in [-0.39, 0.29) is 36.5 Å². The lowest BCUT2D eigenvalue weighted by Gasteiger charge is -2.26. The number of carbonyl (C=O) groups is 2. The summed E-state index contributed by atoms with van der Waals surface area (Å²) in [6.45, 7) is 0.824. The third-order valence-electron chi connectivity index (χ3n) is 5.91. The smallest absolute Gasteiger partial charge is 0.257 e. The Bertz CT molecular complexity index is 1470. The van der Waals surface area contributed by atoms with Gasteiger partial charge < -0.3 is 20.7 Å². The number of aromatic nitrogens is 2. The first kappa shape index (κ1) is 27.2. The standard InChI is InChI=1S/C24H26F2N6O5S/c1-31(2)7-8-37-16-3-4-18(19(12-16)22(27)33)24(34)28-23-20-13-32(6-5-21(20)29-30-23)38(35,36)17-10-14(25)9-15(26)11-17/h3-4,9-12H,5-8,13H2,1-2H3,(H2,27,33)(H2,28,29,30,34). The van der Waals surface area contributed by atoms with Crippen molar-refractivity contribution in [3.05, 3.63) is 70.4 Å². The van der Waals surface area contributed by atoms with Crippen LogP contribution in [0.4, 0.5) is 14.6 Å². The van der Waals surface area contributed by atoms with Crippen molar-refractivity contribution in [1.82, 2.24) is 19.4 Å². The first-order valence-electron chi connectivity index (χ1n) is 11.5. The fourth-order valence-corrected chi connectivity index (χ4v) is 5.39. The number of hydrogen-bond acceptors (Lipinski definition) is 7. The molecule has 2 amide bonds. The molecule has 0 radical (unpaired) electrons. The van der Waals surface area contributed by atoms with E-state index in [1.807, 2.05) is 19.0 Å². The van der Waals surface area contributed by atoms with Gasteiger partial charge in [-0.15, -0.1) is 0 Å². The van der Waals surface area contributed by atoms with Crippen molar-refractivity contribution in [1.29, 1.82) is 0 Å². The number of H-pyrrole nitrogens is 1. The third kappa shape index (κ3) is 5.82. The topological polar surface area (TPSA) is 151 Å². The summed E-state index contributed by atoms with van der Waals surface area (Å²) in [5, 5.41) is 9.45. The molecule has 11 nitrogen and oxygen atoms in total. The van der Waals surface area contributed by atoms with E-state index in [1.165, 1.54) is 18.2 Å². The lowest BCUT2D eigenvalue weighted by atomic mass is 10.1. The van der Waals surface area contributed by atoms with Gasteiger partial charge in [0, 0.05) is 43.4 Å². The number of nitrogens with zero attached hydrogens (tertiary/aromatic N) is 3. The van der Waals surface area contributed by atoms with Crippen LogP contribution in [0.1, 0.15) is 32.0 Å². The van der Waals surface area contributed by atoms with Gasteiger partial charge in [-0.05, 0) is 44.4 Å². The number of primary amides is 1. The number of fused-ring (bicyclic) bond motifs is 1. The molecule has 0 spiro atoms. The minimum absolute atomic E-state index is 0.0234. The zero-order valence-corrected chi connectivity index (χ0v) is 21.4. The molecule has 2 aromatic carbocycles. The summed E-state index contributed by atoms with van der Waals surface area (Å²) in [5.74, 6) is -3.15. The van der Waals surface area contributed by atoms with E-state index in [0.29, 0.717) is 36.2 Å². The number of benzene rings is 2. The van der Waals surface area contributed by atoms with Crippen LogP contribution in [0.2, 0.25) is 0 Å². The van der Waals surface area contributed by atoms with E-state index < -0.39 is 38.4 Å². The number of nitrogens with two attached hydrogens (primary N) is 1. The van der Waals surface area contributed by atoms with Gasteiger partial charge in [-0.25, -0.2) is 17.2 Å². The molecule has 14 heteroatoms. The zero-order chi connectivity index (χ0) is 27.6. The molecular formula is C24H26F2N6O5S. The van der Waals surface area contributed by atoms with Gasteiger partial charge in [-0.2, -0.15) is 9.40 Å². The minimum atomic E-state index is -4.24. The Balaban J connectivity index is 1.55. The lowest BCUT2D eigenvalue weighted by molar-refractivity contribution is 0.0976. The van der Waals surface area contributed by atoms with Crippen LogP contribution in [0.15, 0.2) is 41.3 Å². The van der Waals surface area contributed by atoms with Crippen molar-refractivity contribution in [2.45, 2.75) is 17.9 Å². The number of amides is 2. The number of carbonyl (C=O) groups excluding carboxylic acids is 2. The van der Waals surface area contributed by atoms with Crippen LogP contribution in [-0.4, -0.2) is 73.4 Å². The normalized spacial score (nSPS) is 13.8. The maximum Gasteiger partial charge on any atom is 0.257 e. The van der Waals surface area contributed by atoms with Crippen molar-refractivity contribution < 1.29 is 31.5 Å². The molecule has 202 valence electrons. The van der Waals surface area contributed by atoms with E-state index in [2.05, 4.69) is 15.5 Å². The van der Waals surface area contributed by atoms with E-state index in [0.717, 1.165) is 16.4 Å². The summed E-state index contributed by atoms with van der Waals surface area (Å²) in [6.07, 6.45) is 0.223. The van der Waals surface area contributed by atoms with Crippen molar-refractivity contribution in [2.24, 2.45) is 5.73 Å². The fraction of sp³-hybridized carbons (Fsp3) is 0.292. The average Bonchev–Trinajstić information content (AvgIpc) is 3.25. The SMILES string of the molecule is CN(C)CCOc1ccc(C(=O)Nc2n[nH]c3c2CN(S(=O)(=O)c2cc(F)cc(F)c2)CC3)c(C(N)=O)c1. The number of rotatable bonds is 9. The van der Waals surface area contributed by atoms with Crippen LogP contribution in [0.25, 0.3) is 0 Å². The molecule has 0 fully saturated rings. The molecule has 1 aliphatic rings. The van der Waals surface area contributed by atoms with Gasteiger partial charge in [0.25, 0.3) is 5.91 Å². The van der Waals surface area contributed by atoms with Crippen molar-refractivity contribution in [3.63, 3.8) is 0 Å². The van der Waals surface area contributed by atoms with E-state index in [9.17, 15) is 26.8 Å². The minimum Gasteiger partial charge on any atom is -0.492 e. The molecule has 4 N–H and O–H groups in total. The quantitative estimate of drug-likeness (QED) is 0.368. The highest BCUT2D eigenvalue weighted by Crippen LogP contribution is 2.29. The largest absolute Gasteiger partial charge is 0.492 e. The Morgan fingerprint density at radius 2 is 1.87 bits per heavy atom. The monoisotopic (exact) mass is 548 g/mol. The number of sulfonamides is 1. The molecule has 0 bridgehead atoms. The van der Waals surface area contributed by atoms with Gasteiger partial charge in [0.15, 0.2) is 5.82 Å². The molecular weight excluding hydrogens is 522 g/mol. The second-order valence-corrected chi connectivity index (χ2v) is 10.8. The molecule has 1 aliphatic heterocycles. The molecule has 4 rings (SSSR count). The number of anilines is 1. The molecule has 0 unspecified atom stereocenters. The molecule has 38 heavy (non-hydrogen) atoms. The molecule has 0 aliphatic carbocycles. The van der Waals surface area contributed by atoms with E-state index in [1.54, 1.807) is 0 Å². The van der Waals surface area contributed by atoms with Gasteiger partial charge in [0.05, 0.1) is 16.0 Å². The summed E-state index contributed by atoms with van der Waals surface area (Å²) in [4.78, 5) is 26.5. The van der Waals surface area contributed by atoms with Crippen LogP contribution in [0.3, 0.4) is 0 Å². The summed E-state index contributed by atoms with van der Waals surface area (Å²) >= 11 is 0. The molecule has 1 aromatic heterocycles. The second-order valence-electron chi connectivity index (χ2n) is 8.90. The van der Waals surface area contributed by atoms with Crippen LogP contribution >= 0.6 is 0 Å². The molecule has 0 atom stereocenters. The molecule has 0 saturated heterocycles. The van der Waals surface area contributed by atoms with Crippen molar-refractivity contribution in [2.75, 3.05) is 39.1 Å². The molecule has 2 heterocycles. The molecule has 0 saturated carbocycles. The Labute approximate surface area is 217 Å².